The molecule has 31 heavy (non-hydrogen) atoms. The molecule has 0 spiro atoms. The first-order valence-corrected chi connectivity index (χ1v) is 12.2. The smallest absolute Gasteiger partial charge is 0.220 e. The maximum atomic E-state index is 11.7. The summed E-state index contributed by atoms with van der Waals surface area (Å²) in [4.78, 5) is 21.9. The van der Waals surface area contributed by atoms with Crippen molar-refractivity contribution < 1.29 is 9.53 Å². The summed E-state index contributed by atoms with van der Waals surface area (Å²) in [5, 5.41) is 6.30. The number of nitrogens with one attached hydrogen (secondary N) is 2. The van der Waals surface area contributed by atoms with E-state index in [0.717, 1.165) is 77.8 Å². The number of hydrogen-bond donors (Lipinski definition) is 2. The maximum absolute atomic E-state index is 11.7. The lowest BCUT2D eigenvalue weighted by atomic mass is 9.73. The standard InChI is InChI=1S/C23H43N5O2.HI/c1-3-25-22(28-11-7-20(8-12-28)17-21(29)24-2)26-18-23(9-5-4-6-10-23)19-27-13-15-30-16-14-27;/h20H,3-19H2,1-2H3,(H,24,29)(H,25,26);1H. The third-order valence-corrected chi connectivity index (χ3v) is 7.14. The number of amides is 1. The lowest BCUT2D eigenvalue weighted by molar-refractivity contribution is -0.121. The lowest BCUT2D eigenvalue weighted by Crippen LogP contribution is -2.48. The van der Waals surface area contributed by atoms with Crippen molar-refractivity contribution in [3.63, 3.8) is 0 Å². The second-order valence-electron chi connectivity index (χ2n) is 9.43. The summed E-state index contributed by atoms with van der Waals surface area (Å²) in [5.74, 6) is 1.73. The molecular weight excluding hydrogens is 505 g/mol. The molecule has 2 aliphatic heterocycles. The van der Waals surface area contributed by atoms with Crippen LogP contribution in [0.2, 0.25) is 0 Å². The summed E-state index contributed by atoms with van der Waals surface area (Å²) in [6.07, 6.45) is 9.41. The Kier molecular flexibility index (Phi) is 11.9. The number of rotatable bonds is 7. The number of ether oxygens (including phenoxy) is 1. The van der Waals surface area contributed by atoms with E-state index in [-0.39, 0.29) is 29.9 Å². The molecule has 0 aromatic heterocycles. The highest BCUT2D eigenvalue weighted by Gasteiger charge is 2.35. The predicted molar refractivity (Wildman–Crippen MR) is 137 cm³/mol. The molecule has 0 atom stereocenters. The summed E-state index contributed by atoms with van der Waals surface area (Å²) in [6, 6.07) is 0. The molecule has 0 aromatic carbocycles. The van der Waals surface area contributed by atoms with E-state index in [1.807, 2.05) is 0 Å². The molecule has 0 bridgehead atoms. The van der Waals surface area contributed by atoms with Gasteiger partial charge in [-0.05, 0) is 38.5 Å². The van der Waals surface area contributed by atoms with Gasteiger partial charge in [-0.25, -0.2) is 0 Å². The van der Waals surface area contributed by atoms with Crippen molar-refractivity contribution in [1.82, 2.24) is 20.4 Å². The molecule has 2 heterocycles. The number of piperidine rings is 1. The number of halogens is 1. The number of likely N-dealkylation sites (tertiary alicyclic amines) is 1. The molecule has 3 rings (SSSR count). The van der Waals surface area contributed by atoms with Gasteiger partial charge in [0, 0.05) is 64.7 Å². The molecule has 1 saturated carbocycles. The van der Waals surface area contributed by atoms with Gasteiger partial charge in [0.1, 0.15) is 0 Å². The molecule has 0 aromatic rings. The monoisotopic (exact) mass is 549 g/mol. The normalized spacial score (nSPS) is 23.2. The van der Waals surface area contributed by atoms with E-state index in [4.69, 9.17) is 9.73 Å². The van der Waals surface area contributed by atoms with Crippen molar-refractivity contribution in [2.75, 3.05) is 66.1 Å². The van der Waals surface area contributed by atoms with E-state index in [1.54, 1.807) is 7.05 Å². The third kappa shape index (κ3) is 8.35. The van der Waals surface area contributed by atoms with Gasteiger partial charge < -0.3 is 20.3 Å². The highest BCUT2D eigenvalue weighted by molar-refractivity contribution is 14.0. The Morgan fingerprint density at radius 3 is 2.39 bits per heavy atom. The number of aliphatic imine (C=N–C) groups is 1. The zero-order valence-electron chi connectivity index (χ0n) is 19.7. The topological polar surface area (TPSA) is 69.2 Å². The van der Waals surface area contributed by atoms with Crippen molar-refractivity contribution in [3.8, 4) is 0 Å². The quantitative estimate of drug-likeness (QED) is 0.291. The van der Waals surface area contributed by atoms with Gasteiger partial charge >= 0.3 is 0 Å². The van der Waals surface area contributed by atoms with Gasteiger partial charge in [0.25, 0.3) is 0 Å². The number of guanidine groups is 1. The van der Waals surface area contributed by atoms with Crippen molar-refractivity contribution in [1.29, 1.82) is 0 Å². The number of morpholine rings is 1. The van der Waals surface area contributed by atoms with Crippen LogP contribution in [0.3, 0.4) is 0 Å². The summed E-state index contributed by atoms with van der Waals surface area (Å²) in [6.45, 7) is 11.0. The largest absolute Gasteiger partial charge is 0.379 e. The molecule has 8 heteroatoms. The fraction of sp³-hybridized carbons (Fsp3) is 0.913. The molecule has 7 nitrogen and oxygen atoms in total. The van der Waals surface area contributed by atoms with Gasteiger partial charge in [0.15, 0.2) is 5.96 Å². The number of nitrogens with zero attached hydrogens (tertiary/aromatic N) is 3. The Balaban J connectivity index is 0.00000341. The SMILES string of the molecule is CCNC(=NCC1(CN2CCOCC2)CCCCC1)N1CCC(CC(=O)NC)CC1.I. The van der Waals surface area contributed by atoms with Gasteiger partial charge in [-0.15, -0.1) is 24.0 Å². The molecule has 2 N–H and O–H groups in total. The van der Waals surface area contributed by atoms with Crippen LogP contribution >= 0.6 is 24.0 Å². The van der Waals surface area contributed by atoms with E-state index in [2.05, 4.69) is 27.4 Å². The van der Waals surface area contributed by atoms with Crippen LogP contribution < -0.4 is 10.6 Å². The summed E-state index contributed by atoms with van der Waals surface area (Å²) < 4.78 is 5.56. The van der Waals surface area contributed by atoms with Gasteiger partial charge in [-0.1, -0.05) is 19.3 Å². The Morgan fingerprint density at radius 1 is 1.10 bits per heavy atom. The average molecular weight is 550 g/mol. The Hall–Kier alpha value is -0.610. The van der Waals surface area contributed by atoms with Crippen molar-refractivity contribution in [2.45, 2.75) is 58.3 Å². The average Bonchev–Trinajstić information content (AvgIpc) is 2.78. The van der Waals surface area contributed by atoms with Crippen LogP contribution in [-0.2, 0) is 9.53 Å². The molecule has 0 unspecified atom stereocenters. The van der Waals surface area contributed by atoms with E-state index in [1.165, 1.54) is 32.1 Å². The van der Waals surface area contributed by atoms with Crippen LogP contribution in [0, 0.1) is 11.3 Å². The molecule has 1 aliphatic carbocycles. The van der Waals surface area contributed by atoms with E-state index in [9.17, 15) is 4.79 Å². The minimum atomic E-state index is 0. The number of carbonyl (C=O) groups is 1. The molecule has 3 aliphatic rings. The van der Waals surface area contributed by atoms with Crippen molar-refractivity contribution in [2.24, 2.45) is 16.3 Å². The first-order chi connectivity index (χ1) is 14.6. The molecule has 1 amide bonds. The zero-order valence-corrected chi connectivity index (χ0v) is 22.0. The summed E-state index contributed by atoms with van der Waals surface area (Å²) >= 11 is 0. The highest BCUT2D eigenvalue weighted by Crippen LogP contribution is 2.37. The molecule has 0 radical (unpaired) electrons. The fourth-order valence-corrected chi connectivity index (χ4v) is 5.28. The Bertz CT molecular complexity index is 554. The van der Waals surface area contributed by atoms with Crippen molar-refractivity contribution >= 4 is 35.8 Å². The van der Waals surface area contributed by atoms with E-state index in [0.29, 0.717) is 17.8 Å². The molecule has 2 saturated heterocycles. The maximum Gasteiger partial charge on any atom is 0.220 e. The number of carbonyl (C=O) groups excluding carboxylic acids is 1. The zero-order chi connectivity index (χ0) is 21.2. The summed E-state index contributed by atoms with van der Waals surface area (Å²) in [5.41, 5.74) is 0.313. The van der Waals surface area contributed by atoms with Crippen LogP contribution in [0.4, 0.5) is 0 Å². The lowest BCUT2D eigenvalue weighted by Gasteiger charge is -2.42. The Labute approximate surface area is 206 Å². The van der Waals surface area contributed by atoms with Crippen LogP contribution in [0.25, 0.3) is 0 Å². The second-order valence-corrected chi connectivity index (χ2v) is 9.43. The van der Waals surface area contributed by atoms with Gasteiger partial charge in [-0.2, -0.15) is 0 Å². The molecular formula is C23H44IN5O2. The van der Waals surface area contributed by atoms with E-state index >= 15 is 0 Å². The fourth-order valence-electron chi connectivity index (χ4n) is 5.28. The van der Waals surface area contributed by atoms with Crippen LogP contribution in [0.5, 0.6) is 0 Å². The van der Waals surface area contributed by atoms with Crippen LogP contribution in [0.1, 0.15) is 58.3 Å². The van der Waals surface area contributed by atoms with Crippen LogP contribution in [-0.4, -0.2) is 87.7 Å². The third-order valence-electron chi connectivity index (χ3n) is 7.14. The van der Waals surface area contributed by atoms with Crippen molar-refractivity contribution in [3.05, 3.63) is 0 Å². The predicted octanol–water partition coefficient (Wildman–Crippen LogP) is 2.70. The highest BCUT2D eigenvalue weighted by atomic mass is 127. The van der Waals surface area contributed by atoms with Crippen LogP contribution in [0.15, 0.2) is 4.99 Å². The van der Waals surface area contributed by atoms with Gasteiger partial charge in [0.05, 0.1) is 13.2 Å². The first kappa shape index (κ1) is 26.6. The van der Waals surface area contributed by atoms with Gasteiger partial charge in [0.2, 0.25) is 5.91 Å². The summed E-state index contributed by atoms with van der Waals surface area (Å²) in [7, 11) is 1.73. The number of hydrogen-bond acceptors (Lipinski definition) is 4. The first-order valence-electron chi connectivity index (χ1n) is 12.2. The second kappa shape index (κ2) is 13.8. The minimum Gasteiger partial charge on any atom is -0.379 e. The van der Waals surface area contributed by atoms with E-state index < -0.39 is 0 Å². The Morgan fingerprint density at radius 2 is 1.77 bits per heavy atom. The van der Waals surface area contributed by atoms with Gasteiger partial charge in [-0.3, -0.25) is 14.7 Å². The molecule has 3 fully saturated rings. The minimum absolute atomic E-state index is 0. The molecule has 180 valence electrons.